The Morgan fingerprint density at radius 3 is 2.81 bits per heavy atom. The van der Waals surface area contributed by atoms with Gasteiger partial charge in [-0.2, -0.15) is 0 Å². The quantitative estimate of drug-likeness (QED) is 0.874. The largest absolute Gasteiger partial charge is 0.362 e. The van der Waals surface area contributed by atoms with Crippen LogP contribution in [0.2, 0.25) is 0 Å². The van der Waals surface area contributed by atoms with Crippen LogP contribution in [0.5, 0.6) is 0 Å². The number of anilines is 1. The molecule has 4 nitrogen and oxygen atoms in total. The van der Waals surface area contributed by atoms with Crippen LogP contribution in [0.1, 0.15) is 44.4 Å². The van der Waals surface area contributed by atoms with E-state index in [0.29, 0.717) is 12.5 Å². The van der Waals surface area contributed by atoms with Gasteiger partial charge in [0.1, 0.15) is 0 Å². The van der Waals surface area contributed by atoms with E-state index in [4.69, 9.17) is 5.73 Å². The second-order valence-electron chi connectivity index (χ2n) is 6.40. The summed E-state index contributed by atoms with van der Waals surface area (Å²) >= 11 is 0. The first-order chi connectivity index (χ1) is 9.97. The highest BCUT2D eigenvalue weighted by Crippen LogP contribution is 2.29. The van der Waals surface area contributed by atoms with Gasteiger partial charge in [0, 0.05) is 24.8 Å². The van der Waals surface area contributed by atoms with Crippen molar-refractivity contribution in [3.63, 3.8) is 0 Å². The van der Waals surface area contributed by atoms with Crippen LogP contribution in [-0.2, 0) is 11.2 Å². The van der Waals surface area contributed by atoms with Gasteiger partial charge in [0.15, 0.2) is 0 Å². The van der Waals surface area contributed by atoms with Crippen molar-refractivity contribution >= 4 is 11.6 Å². The molecular weight excluding hydrogens is 262 g/mol. The highest BCUT2D eigenvalue weighted by molar-refractivity contribution is 5.82. The molecule has 0 aliphatic carbocycles. The molecule has 1 heterocycles. The first-order valence-electron chi connectivity index (χ1n) is 7.87. The third-order valence-electron chi connectivity index (χ3n) is 3.89. The van der Waals surface area contributed by atoms with E-state index < -0.39 is 0 Å². The minimum absolute atomic E-state index is 0.0556. The number of rotatable bonds is 5. The maximum Gasteiger partial charge on any atom is 0.239 e. The van der Waals surface area contributed by atoms with Gasteiger partial charge >= 0.3 is 0 Å². The normalized spacial score (nSPS) is 15.8. The van der Waals surface area contributed by atoms with Crippen molar-refractivity contribution in [1.29, 1.82) is 0 Å². The van der Waals surface area contributed by atoms with E-state index in [2.05, 4.69) is 42.3 Å². The van der Waals surface area contributed by atoms with Gasteiger partial charge in [-0.15, -0.1) is 0 Å². The molecule has 1 atom stereocenters. The van der Waals surface area contributed by atoms with Gasteiger partial charge in [-0.25, -0.2) is 0 Å². The number of nitrogens with zero attached hydrogens (tertiary/aromatic N) is 1. The van der Waals surface area contributed by atoms with E-state index in [1.54, 1.807) is 0 Å². The van der Waals surface area contributed by atoms with Crippen LogP contribution in [0, 0.1) is 5.92 Å². The predicted molar refractivity (Wildman–Crippen MR) is 87.4 cm³/mol. The lowest BCUT2D eigenvalue weighted by Crippen LogP contribution is -2.40. The molecule has 0 spiro atoms. The van der Waals surface area contributed by atoms with Crippen molar-refractivity contribution in [2.75, 3.05) is 24.5 Å². The predicted octanol–water partition coefficient (Wildman–Crippen LogP) is 2.23. The fourth-order valence-electron chi connectivity index (χ4n) is 2.69. The minimum Gasteiger partial charge on any atom is -0.362 e. The maximum absolute atomic E-state index is 12.0. The number of carbonyl (C=O) groups excluding carboxylic acids is 1. The average Bonchev–Trinajstić information content (AvgIpc) is 2.45. The van der Waals surface area contributed by atoms with Crippen molar-refractivity contribution in [3.05, 3.63) is 29.3 Å². The second-order valence-corrected chi connectivity index (χ2v) is 6.40. The number of nitrogens with two attached hydrogens (primary N) is 1. The lowest BCUT2D eigenvalue weighted by atomic mass is 9.97. The highest BCUT2D eigenvalue weighted by Gasteiger charge is 2.19. The van der Waals surface area contributed by atoms with Crippen LogP contribution in [0.3, 0.4) is 0 Å². The summed E-state index contributed by atoms with van der Waals surface area (Å²) in [6.45, 7) is 8.33. The van der Waals surface area contributed by atoms with Crippen LogP contribution in [0.15, 0.2) is 18.2 Å². The van der Waals surface area contributed by atoms with Gasteiger partial charge in [0.2, 0.25) is 5.91 Å². The van der Waals surface area contributed by atoms with Gasteiger partial charge in [-0.05, 0) is 42.9 Å². The molecule has 4 heteroatoms. The Hall–Kier alpha value is -1.55. The van der Waals surface area contributed by atoms with E-state index in [1.165, 1.54) is 16.8 Å². The Morgan fingerprint density at radius 1 is 1.38 bits per heavy atom. The lowest BCUT2D eigenvalue weighted by Gasteiger charge is -2.31. The smallest absolute Gasteiger partial charge is 0.239 e. The van der Waals surface area contributed by atoms with Gasteiger partial charge in [0.05, 0.1) is 6.54 Å². The van der Waals surface area contributed by atoms with Crippen LogP contribution in [-0.4, -0.2) is 25.5 Å². The topological polar surface area (TPSA) is 58.4 Å². The first-order valence-corrected chi connectivity index (χ1v) is 7.87. The Morgan fingerprint density at radius 2 is 2.14 bits per heavy atom. The van der Waals surface area contributed by atoms with Crippen LogP contribution in [0.4, 0.5) is 5.69 Å². The van der Waals surface area contributed by atoms with Gasteiger partial charge in [0.25, 0.3) is 0 Å². The molecule has 1 amide bonds. The Balaban J connectivity index is 2.06. The zero-order valence-corrected chi connectivity index (χ0v) is 13.4. The average molecular weight is 289 g/mol. The number of carbonyl (C=O) groups is 1. The zero-order chi connectivity index (χ0) is 15.4. The minimum atomic E-state index is 0.0556. The summed E-state index contributed by atoms with van der Waals surface area (Å²) in [5.74, 6) is 0.587. The van der Waals surface area contributed by atoms with E-state index >= 15 is 0 Å². The summed E-state index contributed by atoms with van der Waals surface area (Å²) in [6.07, 6.45) is 2.16. The molecule has 0 radical (unpaired) electrons. The lowest BCUT2D eigenvalue weighted by molar-refractivity contribution is -0.119. The van der Waals surface area contributed by atoms with Gasteiger partial charge in [-0.1, -0.05) is 26.0 Å². The summed E-state index contributed by atoms with van der Waals surface area (Å²) in [4.78, 5) is 14.2. The Labute approximate surface area is 127 Å². The molecule has 1 aromatic rings. The fraction of sp³-hybridized carbons (Fsp3) is 0.588. The highest BCUT2D eigenvalue weighted by atomic mass is 16.2. The molecule has 1 unspecified atom stereocenters. The van der Waals surface area contributed by atoms with E-state index in [-0.39, 0.29) is 11.9 Å². The molecule has 116 valence electrons. The maximum atomic E-state index is 12.0. The number of benzene rings is 1. The molecule has 0 saturated carbocycles. The summed E-state index contributed by atoms with van der Waals surface area (Å²) in [7, 11) is 0. The fourth-order valence-corrected chi connectivity index (χ4v) is 2.69. The number of aryl methyl sites for hydroxylation is 1. The Bertz CT molecular complexity index is 497. The summed E-state index contributed by atoms with van der Waals surface area (Å²) in [5.41, 5.74) is 9.62. The van der Waals surface area contributed by atoms with E-state index in [9.17, 15) is 4.79 Å². The monoisotopic (exact) mass is 289 g/mol. The Kier molecular flexibility index (Phi) is 5.23. The molecule has 1 aliphatic heterocycles. The third-order valence-corrected chi connectivity index (χ3v) is 3.89. The number of amides is 1. The molecular formula is C17H27N3O. The van der Waals surface area contributed by atoms with Gasteiger partial charge in [-0.3, -0.25) is 4.79 Å². The number of hydrogen-bond donors (Lipinski definition) is 2. The van der Waals surface area contributed by atoms with Crippen molar-refractivity contribution < 1.29 is 4.79 Å². The first kappa shape index (κ1) is 15.8. The van der Waals surface area contributed by atoms with E-state index in [0.717, 1.165) is 25.9 Å². The van der Waals surface area contributed by atoms with Crippen LogP contribution >= 0.6 is 0 Å². The summed E-state index contributed by atoms with van der Waals surface area (Å²) in [6, 6.07) is 6.44. The van der Waals surface area contributed by atoms with Gasteiger partial charge < -0.3 is 16.0 Å². The molecule has 0 saturated heterocycles. The zero-order valence-electron chi connectivity index (χ0n) is 13.4. The van der Waals surface area contributed by atoms with Crippen molar-refractivity contribution in [1.82, 2.24) is 5.32 Å². The second kappa shape index (κ2) is 6.94. The molecule has 0 bridgehead atoms. The molecule has 0 aromatic heterocycles. The molecule has 3 N–H and O–H groups in total. The molecule has 21 heavy (non-hydrogen) atoms. The molecule has 0 fully saturated rings. The van der Waals surface area contributed by atoms with Crippen molar-refractivity contribution in [2.24, 2.45) is 11.7 Å². The van der Waals surface area contributed by atoms with Crippen molar-refractivity contribution in [2.45, 2.75) is 39.7 Å². The molecule has 1 aliphatic rings. The van der Waals surface area contributed by atoms with E-state index in [1.807, 2.05) is 6.92 Å². The van der Waals surface area contributed by atoms with Crippen molar-refractivity contribution in [3.8, 4) is 0 Å². The standard InChI is InChI=1S/C17H27N3O/c1-12(2)10-19-17(21)11-20-8-4-5-15-9-14(13(3)18)6-7-16(15)20/h6-7,9,12-13H,4-5,8,10-11,18H2,1-3H3,(H,19,21). The van der Waals surface area contributed by atoms with Crippen LogP contribution in [0.25, 0.3) is 0 Å². The number of hydrogen-bond acceptors (Lipinski definition) is 3. The van der Waals surface area contributed by atoms with Crippen LogP contribution < -0.4 is 16.0 Å². The SMILES string of the molecule is CC(C)CNC(=O)CN1CCCc2cc(C(C)N)ccc21. The molecule has 2 rings (SSSR count). The number of nitrogens with one attached hydrogen (secondary N) is 1. The third kappa shape index (κ3) is 4.21. The number of fused-ring (bicyclic) bond motifs is 1. The molecule has 1 aromatic carbocycles. The summed E-state index contributed by atoms with van der Waals surface area (Å²) in [5, 5.41) is 2.99. The summed E-state index contributed by atoms with van der Waals surface area (Å²) < 4.78 is 0.